The van der Waals surface area contributed by atoms with Gasteiger partial charge in [0.2, 0.25) is 0 Å². The summed E-state index contributed by atoms with van der Waals surface area (Å²) in [5.41, 5.74) is 0.774. The number of nitrogens with zero attached hydrogens (tertiary/aromatic N) is 3. The molecular weight excluding hydrogens is 292 g/mol. The third-order valence-corrected chi connectivity index (χ3v) is 4.81. The lowest BCUT2D eigenvalue weighted by atomic mass is 9.86. The molecule has 0 aliphatic heterocycles. The molecule has 2 rings (SSSR count). The van der Waals surface area contributed by atoms with E-state index in [4.69, 9.17) is 0 Å². The highest BCUT2D eigenvalue weighted by Gasteiger charge is 2.26. The van der Waals surface area contributed by atoms with E-state index in [-0.39, 0.29) is 17.9 Å². The first-order valence-corrected chi connectivity index (χ1v) is 8.62. The van der Waals surface area contributed by atoms with Gasteiger partial charge in [-0.1, -0.05) is 19.8 Å². The summed E-state index contributed by atoms with van der Waals surface area (Å²) in [7, 11) is 1.71. The second-order valence-electron chi connectivity index (χ2n) is 6.36. The van der Waals surface area contributed by atoms with Crippen molar-refractivity contribution >= 4 is 11.8 Å². The predicted octanol–water partition coefficient (Wildman–Crippen LogP) is 2.21. The number of nitrogens with one attached hydrogen (secondary N) is 1. The van der Waals surface area contributed by atoms with Crippen molar-refractivity contribution in [1.82, 2.24) is 20.0 Å². The summed E-state index contributed by atoms with van der Waals surface area (Å²) in [6, 6.07) is 1.82. The van der Waals surface area contributed by atoms with E-state index in [0.717, 1.165) is 19.3 Å². The molecule has 23 heavy (non-hydrogen) atoms. The van der Waals surface area contributed by atoms with Gasteiger partial charge in [0.05, 0.1) is 0 Å². The van der Waals surface area contributed by atoms with Crippen LogP contribution in [0.3, 0.4) is 0 Å². The quantitative estimate of drug-likeness (QED) is 0.904. The second kappa shape index (κ2) is 7.62. The Bertz CT molecular complexity index is 563. The highest BCUT2D eigenvalue weighted by molar-refractivity contribution is 5.98. The van der Waals surface area contributed by atoms with E-state index in [0.29, 0.717) is 30.4 Å². The Morgan fingerprint density at radius 2 is 1.96 bits per heavy atom. The largest absolute Gasteiger partial charge is 0.348 e. The molecule has 6 nitrogen and oxygen atoms in total. The van der Waals surface area contributed by atoms with Crippen LogP contribution < -0.4 is 5.32 Å². The molecule has 1 fully saturated rings. The van der Waals surface area contributed by atoms with Gasteiger partial charge in [0, 0.05) is 32.2 Å². The Morgan fingerprint density at radius 1 is 1.30 bits per heavy atom. The van der Waals surface area contributed by atoms with Crippen LogP contribution in [0.5, 0.6) is 0 Å². The highest BCUT2D eigenvalue weighted by Crippen LogP contribution is 2.24. The van der Waals surface area contributed by atoms with Crippen LogP contribution in [-0.4, -0.2) is 45.6 Å². The first-order valence-electron chi connectivity index (χ1n) is 8.62. The number of aromatic nitrogens is 2. The van der Waals surface area contributed by atoms with Crippen molar-refractivity contribution in [3.05, 3.63) is 17.5 Å². The molecule has 1 aromatic heterocycles. The molecule has 2 atom stereocenters. The number of carbonyl (C=O) groups excluding carboxylic acids is 2. The fourth-order valence-electron chi connectivity index (χ4n) is 3.23. The minimum atomic E-state index is -0.141. The van der Waals surface area contributed by atoms with E-state index in [1.165, 1.54) is 11.1 Å². The van der Waals surface area contributed by atoms with Crippen molar-refractivity contribution in [2.45, 2.75) is 52.5 Å². The summed E-state index contributed by atoms with van der Waals surface area (Å²) < 4.78 is 1.50. The average Bonchev–Trinajstić information content (AvgIpc) is 2.92. The van der Waals surface area contributed by atoms with Crippen molar-refractivity contribution in [1.29, 1.82) is 0 Å². The van der Waals surface area contributed by atoms with Gasteiger partial charge in [-0.2, -0.15) is 5.10 Å². The number of hydrogen-bond donors (Lipinski definition) is 1. The van der Waals surface area contributed by atoms with Gasteiger partial charge in [0.1, 0.15) is 5.69 Å². The van der Waals surface area contributed by atoms with Gasteiger partial charge >= 0.3 is 0 Å². The maximum absolute atomic E-state index is 12.5. The molecule has 1 saturated carbocycles. The van der Waals surface area contributed by atoms with Crippen LogP contribution >= 0.6 is 0 Å². The SMILES string of the molecule is CCN(CC)C(=O)c1cc(C(=O)N[C@H]2CCCC[C@H]2C)n(C)n1. The van der Waals surface area contributed by atoms with Crippen LogP contribution in [0.15, 0.2) is 6.07 Å². The van der Waals surface area contributed by atoms with Gasteiger partial charge in [0.15, 0.2) is 5.69 Å². The van der Waals surface area contributed by atoms with E-state index in [9.17, 15) is 9.59 Å². The van der Waals surface area contributed by atoms with Crippen molar-refractivity contribution < 1.29 is 9.59 Å². The molecule has 128 valence electrons. The molecule has 6 heteroatoms. The first kappa shape index (κ1) is 17.5. The smallest absolute Gasteiger partial charge is 0.274 e. The Hall–Kier alpha value is -1.85. The lowest BCUT2D eigenvalue weighted by Gasteiger charge is -2.29. The normalized spacial score (nSPS) is 21.0. The predicted molar refractivity (Wildman–Crippen MR) is 89.3 cm³/mol. The summed E-state index contributed by atoms with van der Waals surface area (Å²) in [4.78, 5) is 26.6. The van der Waals surface area contributed by atoms with Crippen molar-refractivity contribution in [3.8, 4) is 0 Å². The van der Waals surface area contributed by atoms with E-state index in [1.54, 1.807) is 18.0 Å². The first-order chi connectivity index (χ1) is 11.0. The summed E-state index contributed by atoms with van der Waals surface area (Å²) >= 11 is 0. The lowest BCUT2D eigenvalue weighted by Crippen LogP contribution is -2.41. The molecule has 2 amide bonds. The third-order valence-electron chi connectivity index (χ3n) is 4.81. The summed E-state index contributed by atoms with van der Waals surface area (Å²) in [5, 5.41) is 7.34. The molecule has 0 unspecified atom stereocenters. The van der Waals surface area contributed by atoms with Gasteiger partial charge in [-0.25, -0.2) is 0 Å². The molecule has 1 aromatic rings. The van der Waals surface area contributed by atoms with E-state index < -0.39 is 0 Å². The number of carbonyl (C=O) groups is 2. The van der Waals surface area contributed by atoms with Crippen LogP contribution in [0.25, 0.3) is 0 Å². The number of amides is 2. The standard InChI is InChI=1S/C17H28N4O2/c1-5-21(6-2)17(23)14-11-15(20(4)19-14)16(22)18-13-10-8-7-9-12(13)3/h11-13H,5-10H2,1-4H3,(H,18,22)/t12-,13+/m1/s1. The molecule has 1 heterocycles. The van der Waals surface area contributed by atoms with Gasteiger partial charge in [-0.15, -0.1) is 0 Å². The third kappa shape index (κ3) is 3.92. The zero-order chi connectivity index (χ0) is 17.0. The van der Waals surface area contributed by atoms with Crippen LogP contribution in [0.4, 0.5) is 0 Å². The number of aryl methyl sites for hydroxylation is 1. The van der Waals surface area contributed by atoms with Crippen LogP contribution in [0.2, 0.25) is 0 Å². The summed E-state index contributed by atoms with van der Waals surface area (Å²) in [6.45, 7) is 7.31. The topological polar surface area (TPSA) is 67.2 Å². The van der Waals surface area contributed by atoms with Gasteiger partial charge in [0.25, 0.3) is 11.8 Å². The average molecular weight is 320 g/mol. The van der Waals surface area contributed by atoms with E-state index in [1.807, 2.05) is 13.8 Å². The van der Waals surface area contributed by atoms with Crippen LogP contribution in [0, 0.1) is 5.92 Å². The summed E-state index contributed by atoms with van der Waals surface area (Å²) in [6.07, 6.45) is 4.58. The van der Waals surface area contributed by atoms with E-state index >= 15 is 0 Å². The Balaban J connectivity index is 2.10. The molecule has 0 radical (unpaired) electrons. The number of hydrogen-bond acceptors (Lipinski definition) is 3. The fourth-order valence-corrected chi connectivity index (χ4v) is 3.23. The van der Waals surface area contributed by atoms with Crippen molar-refractivity contribution in [3.63, 3.8) is 0 Å². The fraction of sp³-hybridized carbons (Fsp3) is 0.706. The second-order valence-corrected chi connectivity index (χ2v) is 6.36. The van der Waals surface area contributed by atoms with Crippen LogP contribution in [0.1, 0.15) is 67.4 Å². The Morgan fingerprint density at radius 3 is 2.57 bits per heavy atom. The Kier molecular flexibility index (Phi) is 5.80. The van der Waals surface area contributed by atoms with Crippen molar-refractivity contribution in [2.24, 2.45) is 13.0 Å². The molecule has 0 aromatic carbocycles. The molecule has 1 aliphatic carbocycles. The molecule has 0 bridgehead atoms. The van der Waals surface area contributed by atoms with Crippen molar-refractivity contribution in [2.75, 3.05) is 13.1 Å². The van der Waals surface area contributed by atoms with Gasteiger partial charge in [-0.05, 0) is 32.6 Å². The molecule has 1 aliphatic rings. The summed E-state index contributed by atoms with van der Waals surface area (Å²) in [5.74, 6) is 0.228. The van der Waals surface area contributed by atoms with Gasteiger partial charge < -0.3 is 10.2 Å². The van der Waals surface area contributed by atoms with Crippen LogP contribution in [-0.2, 0) is 7.05 Å². The zero-order valence-corrected chi connectivity index (χ0v) is 14.6. The minimum Gasteiger partial charge on any atom is -0.348 e. The maximum Gasteiger partial charge on any atom is 0.274 e. The molecule has 0 saturated heterocycles. The van der Waals surface area contributed by atoms with Gasteiger partial charge in [-0.3, -0.25) is 14.3 Å². The zero-order valence-electron chi connectivity index (χ0n) is 14.6. The Labute approximate surface area is 138 Å². The molecule has 1 N–H and O–H groups in total. The molecular formula is C17H28N4O2. The van der Waals surface area contributed by atoms with E-state index in [2.05, 4.69) is 17.3 Å². The minimum absolute atomic E-state index is 0.129. The lowest BCUT2D eigenvalue weighted by molar-refractivity contribution is 0.0766. The monoisotopic (exact) mass is 320 g/mol. The molecule has 0 spiro atoms. The number of rotatable bonds is 5. The maximum atomic E-state index is 12.5. The highest BCUT2D eigenvalue weighted by atomic mass is 16.2.